The molecular formula is C13H22F2O5S. The molecule has 0 radical (unpaired) electrons. The molecule has 2 bridgehead atoms. The monoisotopic (exact) mass is 328 g/mol. The van der Waals surface area contributed by atoms with Crippen molar-refractivity contribution in [3.63, 3.8) is 0 Å². The zero-order valence-corrected chi connectivity index (χ0v) is 12.4. The van der Waals surface area contributed by atoms with Gasteiger partial charge in [-0.3, -0.25) is 0 Å². The first-order chi connectivity index (χ1) is 9.72. The lowest BCUT2D eigenvalue weighted by Crippen LogP contribution is -2.41. The van der Waals surface area contributed by atoms with Gasteiger partial charge in [-0.15, -0.1) is 0 Å². The van der Waals surface area contributed by atoms with Crippen LogP contribution in [0, 0.1) is 29.6 Å². The Hall–Kier alpha value is 0.01000. The second-order valence-corrected chi connectivity index (χ2v) is 8.26. The normalized spacial score (nSPS) is 41.3. The van der Waals surface area contributed by atoms with Crippen LogP contribution in [0.15, 0.2) is 0 Å². The number of fused-ring (bicyclic) bond motifs is 5. The fourth-order valence-electron chi connectivity index (χ4n) is 4.85. The molecule has 6 unspecified atom stereocenters. The molecule has 3 rings (SSSR count). The minimum Gasteiger partial charge on any atom is -0.362 e. The summed E-state index contributed by atoms with van der Waals surface area (Å²) in [5.41, 5.74) is 0. The van der Waals surface area contributed by atoms with Crippen LogP contribution in [0.4, 0.5) is 8.78 Å². The Morgan fingerprint density at radius 1 is 1.10 bits per heavy atom. The van der Waals surface area contributed by atoms with Crippen molar-refractivity contribution in [2.24, 2.45) is 29.6 Å². The molecule has 21 heavy (non-hydrogen) atoms. The molecule has 8 heteroatoms. The summed E-state index contributed by atoms with van der Waals surface area (Å²) in [5.74, 6) is 2.69. The summed E-state index contributed by atoms with van der Waals surface area (Å²) in [6.45, 7) is -0.0311. The molecular weight excluding hydrogens is 306 g/mol. The van der Waals surface area contributed by atoms with E-state index in [-0.39, 0.29) is 12.5 Å². The van der Waals surface area contributed by atoms with E-state index in [0.29, 0.717) is 17.8 Å². The Bertz CT molecular complexity index is 403. The first-order valence-corrected chi connectivity index (χ1v) is 8.90. The van der Waals surface area contributed by atoms with Gasteiger partial charge in [-0.2, -0.15) is 8.78 Å². The molecule has 0 aliphatic heterocycles. The van der Waals surface area contributed by atoms with Gasteiger partial charge in [0.05, 0.1) is 6.61 Å². The second-order valence-electron chi connectivity index (χ2n) is 6.68. The Morgan fingerprint density at radius 2 is 1.76 bits per heavy atom. The van der Waals surface area contributed by atoms with E-state index in [1.165, 1.54) is 19.3 Å². The fraction of sp³-hybridized carbons (Fsp3) is 1.00. The third-order valence-electron chi connectivity index (χ3n) is 5.69. The Balaban J connectivity index is 1.55. The van der Waals surface area contributed by atoms with E-state index in [1.807, 2.05) is 0 Å². The van der Waals surface area contributed by atoms with Crippen molar-refractivity contribution in [3.8, 4) is 0 Å². The average molecular weight is 328 g/mol. The zero-order chi connectivity index (χ0) is 15.4. The van der Waals surface area contributed by atoms with Crippen molar-refractivity contribution in [2.45, 2.75) is 43.6 Å². The standard InChI is InChI=1S/C13H22F2O5S/c14-13(15,21(17,18)19)12(16)20-6-8-4-7-5-11(8)10-3-1-2-9(7)10/h7-12,16-19H,1-6H2. The number of rotatable bonds is 5. The number of aliphatic hydroxyl groups excluding tert-OH is 1. The Labute approximate surface area is 123 Å². The van der Waals surface area contributed by atoms with E-state index in [9.17, 15) is 13.9 Å². The van der Waals surface area contributed by atoms with Gasteiger partial charge >= 0.3 is 5.25 Å². The predicted octanol–water partition coefficient (Wildman–Crippen LogP) is 3.21. The molecule has 3 aliphatic rings. The van der Waals surface area contributed by atoms with Crippen LogP contribution in [-0.2, 0) is 4.74 Å². The smallest absolute Gasteiger partial charge is 0.362 e. The molecule has 3 saturated carbocycles. The van der Waals surface area contributed by atoms with Crippen LogP contribution in [-0.4, -0.2) is 36.9 Å². The minimum atomic E-state index is -5.18. The second kappa shape index (κ2) is 5.28. The Morgan fingerprint density at radius 3 is 2.43 bits per heavy atom. The van der Waals surface area contributed by atoms with Gasteiger partial charge in [-0.1, -0.05) is 6.42 Å². The molecule has 6 atom stereocenters. The zero-order valence-electron chi connectivity index (χ0n) is 11.6. The van der Waals surface area contributed by atoms with Crippen LogP contribution in [0.5, 0.6) is 0 Å². The number of alkyl halides is 2. The summed E-state index contributed by atoms with van der Waals surface area (Å²) >= 11 is 0. The molecule has 5 nitrogen and oxygen atoms in total. The van der Waals surface area contributed by atoms with Gasteiger partial charge in [0.15, 0.2) is 10.9 Å². The summed E-state index contributed by atoms with van der Waals surface area (Å²) in [5, 5.41) is 4.83. The van der Waals surface area contributed by atoms with E-state index in [0.717, 1.165) is 18.8 Å². The summed E-state index contributed by atoms with van der Waals surface area (Å²) in [6, 6.07) is 0. The third-order valence-corrected chi connectivity index (χ3v) is 6.62. The van der Waals surface area contributed by atoms with Crippen LogP contribution in [0.3, 0.4) is 0 Å². The molecule has 4 N–H and O–H groups in total. The van der Waals surface area contributed by atoms with Gasteiger partial charge in [0.2, 0.25) is 6.29 Å². The molecule has 124 valence electrons. The molecule has 0 saturated heterocycles. The first-order valence-electron chi connectivity index (χ1n) is 7.39. The summed E-state index contributed by atoms with van der Waals surface area (Å²) in [4.78, 5) is 0. The van der Waals surface area contributed by atoms with Gasteiger partial charge in [0, 0.05) is 0 Å². The molecule has 3 fully saturated rings. The van der Waals surface area contributed by atoms with E-state index in [2.05, 4.69) is 0 Å². The maximum atomic E-state index is 13.3. The minimum absolute atomic E-state index is 0.0311. The lowest BCUT2D eigenvalue weighted by atomic mass is 9.76. The molecule has 0 aromatic heterocycles. The number of ether oxygens (including phenoxy) is 1. The number of halogens is 2. The number of hydrogen-bond acceptors (Lipinski definition) is 5. The SMILES string of the molecule is OC(OCC1CC2CC1C1CCCC21)C(F)(F)S(O)(O)O. The number of aliphatic hydroxyl groups is 1. The fourth-order valence-corrected chi connectivity index (χ4v) is 5.19. The molecule has 0 aromatic rings. The third kappa shape index (κ3) is 2.60. The summed E-state index contributed by atoms with van der Waals surface area (Å²) < 4.78 is 57.3. The maximum Gasteiger partial charge on any atom is 0.390 e. The summed E-state index contributed by atoms with van der Waals surface area (Å²) in [6.07, 6.45) is 3.04. The van der Waals surface area contributed by atoms with Crippen LogP contribution >= 0.6 is 10.9 Å². The van der Waals surface area contributed by atoms with Gasteiger partial charge in [0.1, 0.15) is 0 Å². The van der Waals surface area contributed by atoms with E-state index in [1.54, 1.807) is 0 Å². The molecule has 0 aromatic carbocycles. The largest absolute Gasteiger partial charge is 0.390 e. The van der Waals surface area contributed by atoms with E-state index >= 15 is 0 Å². The van der Waals surface area contributed by atoms with E-state index in [4.69, 9.17) is 18.4 Å². The van der Waals surface area contributed by atoms with Crippen LogP contribution in [0.2, 0.25) is 0 Å². The van der Waals surface area contributed by atoms with Gasteiger partial charge in [-0.25, -0.2) is 0 Å². The van der Waals surface area contributed by atoms with Crippen LogP contribution in [0.1, 0.15) is 32.1 Å². The van der Waals surface area contributed by atoms with Crippen LogP contribution in [0.25, 0.3) is 0 Å². The average Bonchev–Trinajstić information content (AvgIpc) is 3.05. The highest BCUT2D eigenvalue weighted by atomic mass is 32.3. The van der Waals surface area contributed by atoms with Gasteiger partial charge in [-0.05, 0) is 55.3 Å². The molecule has 0 amide bonds. The van der Waals surface area contributed by atoms with Crippen LogP contribution < -0.4 is 0 Å². The van der Waals surface area contributed by atoms with Crippen molar-refractivity contribution in [2.75, 3.05) is 6.61 Å². The van der Waals surface area contributed by atoms with E-state index < -0.39 is 22.4 Å². The van der Waals surface area contributed by atoms with Crippen molar-refractivity contribution in [1.29, 1.82) is 0 Å². The molecule has 0 spiro atoms. The van der Waals surface area contributed by atoms with Crippen molar-refractivity contribution in [1.82, 2.24) is 0 Å². The topological polar surface area (TPSA) is 90.2 Å². The highest BCUT2D eigenvalue weighted by molar-refractivity contribution is 8.20. The lowest BCUT2D eigenvalue weighted by Gasteiger charge is -2.35. The first kappa shape index (κ1) is 15.9. The lowest BCUT2D eigenvalue weighted by molar-refractivity contribution is -0.208. The highest BCUT2D eigenvalue weighted by Crippen LogP contribution is 2.61. The molecule has 3 aliphatic carbocycles. The highest BCUT2D eigenvalue weighted by Gasteiger charge is 2.56. The van der Waals surface area contributed by atoms with Crippen molar-refractivity contribution >= 4 is 10.9 Å². The Kier molecular flexibility index (Phi) is 3.99. The van der Waals surface area contributed by atoms with Crippen molar-refractivity contribution < 1.29 is 32.3 Å². The quantitative estimate of drug-likeness (QED) is 0.582. The van der Waals surface area contributed by atoms with Gasteiger partial charge < -0.3 is 23.5 Å². The van der Waals surface area contributed by atoms with Gasteiger partial charge in [0.25, 0.3) is 0 Å². The predicted molar refractivity (Wildman–Crippen MR) is 72.9 cm³/mol. The van der Waals surface area contributed by atoms with Crippen molar-refractivity contribution in [3.05, 3.63) is 0 Å². The maximum absolute atomic E-state index is 13.3. The summed E-state index contributed by atoms with van der Waals surface area (Å²) in [7, 11) is -5.18. The number of hydrogen-bond donors (Lipinski definition) is 4. The molecule has 0 heterocycles.